The molecule has 6 nitrogen and oxygen atoms in total. The van der Waals surface area contributed by atoms with E-state index in [0.29, 0.717) is 6.54 Å². The Morgan fingerprint density at radius 2 is 1.85 bits per heavy atom. The second-order valence-corrected chi connectivity index (χ2v) is 6.92. The third kappa shape index (κ3) is 5.03. The number of nitrogens with one attached hydrogen (secondary N) is 1. The van der Waals surface area contributed by atoms with E-state index in [9.17, 15) is 4.79 Å². The second kappa shape index (κ2) is 8.29. The Kier molecular flexibility index (Phi) is 5.85. The van der Waals surface area contributed by atoms with Gasteiger partial charge in [-0.25, -0.2) is 0 Å². The van der Waals surface area contributed by atoms with Crippen LogP contribution in [0, 0.1) is 0 Å². The van der Waals surface area contributed by atoms with Crippen LogP contribution >= 0.6 is 0 Å². The molecule has 3 rings (SSSR count). The van der Waals surface area contributed by atoms with E-state index >= 15 is 0 Å². The number of carbonyl (C=O) groups is 1. The molecule has 1 aliphatic rings. The van der Waals surface area contributed by atoms with Gasteiger partial charge in [-0.2, -0.15) is 0 Å². The molecule has 1 aliphatic heterocycles. The van der Waals surface area contributed by atoms with E-state index < -0.39 is 5.91 Å². The first-order valence-electron chi connectivity index (χ1n) is 8.95. The summed E-state index contributed by atoms with van der Waals surface area (Å²) in [5.41, 5.74) is 8.83. The van der Waals surface area contributed by atoms with Gasteiger partial charge in [-0.05, 0) is 37.1 Å². The zero-order valence-corrected chi connectivity index (χ0v) is 15.3. The molecule has 138 valence electrons. The lowest BCUT2D eigenvalue weighted by Crippen LogP contribution is -2.44. The van der Waals surface area contributed by atoms with Crippen LogP contribution in [0.3, 0.4) is 0 Å². The lowest BCUT2D eigenvalue weighted by atomic mass is 10.1. The molecular weight excluding hydrogens is 328 g/mol. The number of nitrogens with two attached hydrogens (primary N) is 1. The van der Waals surface area contributed by atoms with Crippen molar-refractivity contribution in [2.75, 3.05) is 18.4 Å². The molecule has 26 heavy (non-hydrogen) atoms. The number of morpholine rings is 1. The zero-order chi connectivity index (χ0) is 18.5. The molecule has 1 amide bonds. The van der Waals surface area contributed by atoms with Crippen molar-refractivity contribution in [2.24, 2.45) is 5.73 Å². The molecule has 0 radical (unpaired) electrons. The number of anilines is 1. The van der Waals surface area contributed by atoms with E-state index in [-0.39, 0.29) is 17.9 Å². The number of ether oxygens (including phenoxy) is 1. The van der Waals surface area contributed by atoms with Crippen molar-refractivity contribution in [3.63, 3.8) is 0 Å². The summed E-state index contributed by atoms with van der Waals surface area (Å²) in [4.78, 5) is 17.6. The number of nitrogens with zero attached hydrogens (tertiary/aromatic N) is 2. The first kappa shape index (κ1) is 18.4. The minimum atomic E-state index is -0.523. The predicted molar refractivity (Wildman–Crippen MR) is 102 cm³/mol. The van der Waals surface area contributed by atoms with Crippen LogP contribution in [-0.4, -0.2) is 41.1 Å². The first-order valence-corrected chi connectivity index (χ1v) is 8.95. The molecule has 1 aromatic carbocycles. The molecule has 0 spiro atoms. The molecule has 6 heteroatoms. The van der Waals surface area contributed by atoms with Gasteiger partial charge in [-0.3, -0.25) is 14.7 Å². The molecule has 2 heterocycles. The highest BCUT2D eigenvalue weighted by Gasteiger charge is 2.21. The normalized spacial score (nSPS) is 20.7. The van der Waals surface area contributed by atoms with E-state index in [1.165, 1.54) is 11.1 Å². The van der Waals surface area contributed by atoms with Gasteiger partial charge in [0.25, 0.3) is 5.91 Å². The van der Waals surface area contributed by atoms with Crippen LogP contribution in [0.15, 0.2) is 42.6 Å². The number of amides is 1. The van der Waals surface area contributed by atoms with Crippen molar-refractivity contribution in [1.29, 1.82) is 0 Å². The maximum Gasteiger partial charge on any atom is 0.267 e. The van der Waals surface area contributed by atoms with Crippen molar-refractivity contribution >= 4 is 11.6 Å². The Morgan fingerprint density at radius 3 is 2.50 bits per heavy atom. The Balaban J connectivity index is 1.54. The van der Waals surface area contributed by atoms with Crippen LogP contribution in [0.25, 0.3) is 0 Å². The fourth-order valence-corrected chi connectivity index (χ4v) is 3.31. The van der Waals surface area contributed by atoms with Gasteiger partial charge in [0.1, 0.15) is 5.69 Å². The standard InChI is InChI=1S/C20H26N4O2/c1-14-11-24(12-15(2)26-14)13-17-5-3-16(4-6-17)10-23-18-7-8-22-19(9-18)20(21)25/h3-9,14-15H,10-13H2,1-2H3,(H2,21,25)(H,22,23). The predicted octanol–water partition coefficient (Wildman–Crippen LogP) is 2.40. The Morgan fingerprint density at radius 1 is 1.19 bits per heavy atom. The van der Waals surface area contributed by atoms with Gasteiger partial charge in [-0.15, -0.1) is 0 Å². The Labute approximate surface area is 154 Å². The smallest absolute Gasteiger partial charge is 0.267 e. The van der Waals surface area contributed by atoms with Crippen molar-refractivity contribution in [2.45, 2.75) is 39.1 Å². The molecule has 1 aromatic heterocycles. The van der Waals surface area contributed by atoms with Gasteiger partial charge in [0.2, 0.25) is 0 Å². The number of benzene rings is 1. The monoisotopic (exact) mass is 354 g/mol. The van der Waals surface area contributed by atoms with E-state index in [0.717, 1.165) is 25.3 Å². The maximum atomic E-state index is 11.2. The molecule has 0 bridgehead atoms. The SMILES string of the molecule is CC1CN(Cc2ccc(CNc3ccnc(C(N)=O)c3)cc2)CC(C)O1. The molecule has 1 saturated heterocycles. The van der Waals surface area contributed by atoms with Crippen LogP contribution in [0.4, 0.5) is 5.69 Å². The highest BCUT2D eigenvalue weighted by atomic mass is 16.5. The van der Waals surface area contributed by atoms with Crippen LogP contribution in [-0.2, 0) is 17.8 Å². The van der Waals surface area contributed by atoms with Gasteiger partial charge in [-0.1, -0.05) is 24.3 Å². The minimum absolute atomic E-state index is 0.263. The fourth-order valence-electron chi connectivity index (χ4n) is 3.31. The summed E-state index contributed by atoms with van der Waals surface area (Å²) in [6, 6.07) is 12.1. The van der Waals surface area contributed by atoms with Gasteiger partial charge in [0.15, 0.2) is 0 Å². The highest BCUT2D eigenvalue weighted by Crippen LogP contribution is 2.15. The zero-order valence-electron chi connectivity index (χ0n) is 15.3. The van der Waals surface area contributed by atoms with E-state index in [4.69, 9.17) is 10.5 Å². The van der Waals surface area contributed by atoms with E-state index in [2.05, 4.69) is 53.3 Å². The third-order valence-corrected chi connectivity index (χ3v) is 4.43. The molecule has 3 N–H and O–H groups in total. The van der Waals surface area contributed by atoms with Crippen molar-refractivity contribution in [3.8, 4) is 0 Å². The van der Waals surface area contributed by atoms with Gasteiger partial charge in [0.05, 0.1) is 12.2 Å². The number of aromatic nitrogens is 1. The molecular formula is C20H26N4O2. The molecule has 2 atom stereocenters. The number of primary amides is 1. The number of rotatable bonds is 6. The molecule has 0 saturated carbocycles. The molecule has 0 aliphatic carbocycles. The summed E-state index contributed by atoms with van der Waals surface area (Å²) < 4.78 is 5.79. The fraction of sp³-hybridized carbons (Fsp3) is 0.400. The van der Waals surface area contributed by atoms with Gasteiger partial charge >= 0.3 is 0 Å². The largest absolute Gasteiger partial charge is 0.381 e. The maximum absolute atomic E-state index is 11.2. The van der Waals surface area contributed by atoms with Crippen LogP contribution in [0.5, 0.6) is 0 Å². The summed E-state index contributed by atoms with van der Waals surface area (Å²) in [5.74, 6) is -0.523. The second-order valence-electron chi connectivity index (χ2n) is 6.92. The minimum Gasteiger partial charge on any atom is -0.381 e. The Bertz CT molecular complexity index is 738. The number of pyridine rings is 1. The number of carbonyl (C=O) groups excluding carboxylic acids is 1. The average molecular weight is 354 g/mol. The van der Waals surface area contributed by atoms with Crippen molar-refractivity contribution in [3.05, 3.63) is 59.4 Å². The van der Waals surface area contributed by atoms with E-state index in [1.807, 2.05) is 6.07 Å². The average Bonchev–Trinajstić information content (AvgIpc) is 2.60. The highest BCUT2D eigenvalue weighted by molar-refractivity contribution is 5.91. The van der Waals surface area contributed by atoms with Crippen LogP contribution in [0.2, 0.25) is 0 Å². The van der Waals surface area contributed by atoms with Crippen molar-refractivity contribution in [1.82, 2.24) is 9.88 Å². The quantitative estimate of drug-likeness (QED) is 0.833. The number of hydrogen-bond donors (Lipinski definition) is 2. The molecule has 2 unspecified atom stereocenters. The summed E-state index contributed by atoms with van der Waals surface area (Å²) in [6.45, 7) is 7.81. The number of hydrogen-bond acceptors (Lipinski definition) is 5. The van der Waals surface area contributed by atoms with Crippen LogP contribution < -0.4 is 11.1 Å². The van der Waals surface area contributed by atoms with Crippen LogP contribution in [0.1, 0.15) is 35.5 Å². The summed E-state index contributed by atoms with van der Waals surface area (Å²) in [5, 5.41) is 3.29. The summed E-state index contributed by atoms with van der Waals surface area (Å²) in [7, 11) is 0. The lowest BCUT2D eigenvalue weighted by molar-refractivity contribution is -0.0704. The van der Waals surface area contributed by atoms with E-state index in [1.54, 1.807) is 12.3 Å². The first-order chi connectivity index (χ1) is 12.5. The summed E-state index contributed by atoms with van der Waals surface area (Å²) in [6.07, 6.45) is 2.15. The molecule has 1 fully saturated rings. The van der Waals surface area contributed by atoms with Gasteiger partial charge < -0.3 is 15.8 Å². The topological polar surface area (TPSA) is 80.5 Å². The third-order valence-electron chi connectivity index (χ3n) is 4.43. The summed E-state index contributed by atoms with van der Waals surface area (Å²) >= 11 is 0. The Hall–Kier alpha value is -2.44. The lowest BCUT2D eigenvalue weighted by Gasteiger charge is -2.35. The molecule has 2 aromatic rings. The van der Waals surface area contributed by atoms with Crippen molar-refractivity contribution < 1.29 is 9.53 Å². The van der Waals surface area contributed by atoms with Gasteiger partial charge in [0, 0.05) is 38.1 Å².